The van der Waals surface area contributed by atoms with Crippen molar-refractivity contribution in [3.05, 3.63) is 51.2 Å². The van der Waals surface area contributed by atoms with Crippen LogP contribution in [-0.2, 0) is 13.0 Å². The Kier molecular flexibility index (Phi) is 5.70. The van der Waals surface area contributed by atoms with Crippen molar-refractivity contribution in [2.24, 2.45) is 0 Å². The first-order valence-electron chi connectivity index (χ1n) is 6.42. The topological polar surface area (TPSA) is 21.3 Å². The van der Waals surface area contributed by atoms with E-state index in [1.807, 2.05) is 12.1 Å². The molecule has 0 unspecified atom stereocenters. The molecule has 4 heteroatoms. The molecule has 0 amide bonds. The van der Waals surface area contributed by atoms with Gasteiger partial charge in [-0.3, -0.25) is 0 Å². The number of rotatable bonds is 7. The molecule has 0 aliphatic carbocycles. The molecular formula is C15H18ClNOS. The molecule has 2 rings (SSSR count). The van der Waals surface area contributed by atoms with Crippen molar-refractivity contribution in [1.29, 1.82) is 0 Å². The van der Waals surface area contributed by atoms with Crippen LogP contribution in [0.25, 0.3) is 0 Å². The van der Waals surface area contributed by atoms with Crippen LogP contribution in [0.3, 0.4) is 0 Å². The molecule has 0 bridgehead atoms. The van der Waals surface area contributed by atoms with Crippen LogP contribution in [0.5, 0.6) is 5.75 Å². The predicted molar refractivity (Wildman–Crippen MR) is 82.4 cm³/mol. The molecule has 0 radical (unpaired) electrons. The number of nitrogens with one attached hydrogen (secondary N) is 1. The lowest BCUT2D eigenvalue weighted by Gasteiger charge is -2.09. The molecule has 2 nitrogen and oxygen atoms in total. The highest BCUT2D eigenvalue weighted by Crippen LogP contribution is 2.25. The molecule has 102 valence electrons. The lowest BCUT2D eigenvalue weighted by molar-refractivity contribution is 0.322. The molecule has 0 atom stereocenters. The normalized spacial score (nSPS) is 10.6. The largest absolute Gasteiger partial charge is 0.492 e. The number of thiophene rings is 1. The fourth-order valence-corrected chi connectivity index (χ4v) is 2.72. The second-order valence-electron chi connectivity index (χ2n) is 4.28. The third kappa shape index (κ3) is 4.53. The summed E-state index contributed by atoms with van der Waals surface area (Å²) in [5, 5.41) is 8.18. The molecule has 1 heterocycles. The maximum atomic E-state index is 6.22. The smallest absolute Gasteiger partial charge is 0.137 e. The maximum Gasteiger partial charge on any atom is 0.137 e. The average Bonchev–Trinajstić information content (AvgIpc) is 2.92. The molecule has 0 saturated heterocycles. The van der Waals surface area contributed by atoms with Crippen molar-refractivity contribution in [3.63, 3.8) is 0 Å². The summed E-state index contributed by atoms with van der Waals surface area (Å²) in [6, 6.07) is 8.08. The third-order valence-corrected chi connectivity index (χ3v) is 3.83. The number of benzene rings is 1. The van der Waals surface area contributed by atoms with Gasteiger partial charge >= 0.3 is 0 Å². The summed E-state index contributed by atoms with van der Waals surface area (Å²) in [6.07, 6.45) is 0.916. The van der Waals surface area contributed by atoms with E-state index in [1.165, 1.54) is 11.1 Å². The van der Waals surface area contributed by atoms with Gasteiger partial charge in [0.1, 0.15) is 5.75 Å². The summed E-state index contributed by atoms with van der Waals surface area (Å²) >= 11 is 7.93. The third-order valence-electron chi connectivity index (χ3n) is 2.80. The number of ether oxygens (including phenoxy) is 1. The average molecular weight is 296 g/mol. The summed E-state index contributed by atoms with van der Waals surface area (Å²) in [5.41, 5.74) is 2.49. The van der Waals surface area contributed by atoms with Crippen LogP contribution in [-0.4, -0.2) is 13.2 Å². The summed E-state index contributed by atoms with van der Waals surface area (Å²) < 4.78 is 5.72. The number of hydrogen-bond donors (Lipinski definition) is 1. The Bertz CT molecular complexity index is 499. The zero-order valence-corrected chi connectivity index (χ0v) is 12.6. The van der Waals surface area contributed by atoms with Crippen LogP contribution in [0.4, 0.5) is 0 Å². The highest BCUT2D eigenvalue weighted by molar-refractivity contribution is 7.07. The first-order valence-corrected chi connectivity index (χ1v) is 7.74. The van der Waals surface area contributed by atoms with Crippen LogP contribution >= 0.6 is 22.9 Å². The highest BCUT2D eigenvalue weighted by Gasteiger charge is 2.03. The van der Waals surface area contributed by atoms with Crippen LogP contribution in [0.15, 0.2) is 35.0 Å². The van der Waals surface area contributed by atoms with Gasteiger partial charge in [-0.2, -0.15) is 11.3 Å². The van der Waals surface area contributed by atoms with E-state index in [0.29, 0.717) is 11.6 Å². The molecule has 2 aromatic rings. The van der Waals surface area contributed by atoms with Gasteiger partial charge in [0.2, 0.25) is 0 Å². The fourth-order valence-electron chi connectivity index (χ4n) is 1.75. The van der Waals surface area contributed by atoms with Gasteiger partial charge in [0.05, 0.1) is 11.6 Å². The molecule has 1 N–H and O–H groups in total. The van der Waals surface area contributed by atoms with Crippen LogP contribution < -0.4 is 10.1 Å². The maximum absolute atomic E-state index is 6.22. The van der Waals surface area contributed by atoms with Gasteiger partial charge in [-0.25, -0.2) is 0 Å². The molecular weight excluding hydrogens is 278 g/mol. The van der Waals surface area contributed by atoms with Crippen LogP contribution in [0.1, 0.15) is 18.1 Å². The predicted octanol–water partition coefficient (Wildman–Crippen LogP) is 4.13. The molecule has 0 fully saturated rings. The van der Waals surface area contributed by atoms with Crippen molar-refractivity contribution >= 4 is 22.9 Å². The van der Waals surface area contributed by atoms with E-state index in [4.69, 9.17) is 16.3 Å². The molecule has 0 saturated carbocycles. The Morgan fingerprint density at radius 2 is 2.16 bits per heavy atom. The van der Waals surface area contributed by atoms with E-state index in [-0.39, 0.29) is 0 Å². The lowest BCUT2D eigenvalue weighted by atomic mass is 10.2. The van der Waals surface area contributed by atoms with Crippen LogP contribution in [0, 0.1) is 0 Å². The van der Waals surface area contributed by atoms with Gasteiger partial charge in [-0.05, 0) is 46.6 Å². The second-order valence-corrected chi connectivity index (χ2v) is 5.46. The Balaban J connectivity index is 1.86. The molecule has 1 aromatic carbocycles. The first kappa shape index (κ1) is 14.4. The summed E-state index contributed by atoms with van der Waals surface area (Å²) in [5.74, 6) is 0.761. The molecule has 19 heavy (non-hydrogen) atoms. The Labute approximate surface area is 123 Å². The van der Waals surface area contributed by atoms with Crippen LogP contribution in [0.2, 0.25) is 5.02 Å². The minimum Gasteiger partial charge on any atom is -0.492 e. The van der Waals surface area contributed by atoms with Crippen molar-refractivity contribution in [2.75, 3.05) is 13.2 Å². The standard InChI is InChI=1S/C15H18ClNOS/c1-2-17-10-13-3-4-15(14(16)9-13)18-7-5-12-6-8-19-11-12/h3-4,6,8-9,11,17H,2,5,7,10H2,1H3. The van der Waals surface area contributed by atoms with E-state index in [0.717, 1.165) is 25.3 Å². The van der Waals surface area contributed by atoms with E-state index < -0.39 is 0 Å². The minimum absolute atomic E-state index is 0.656. The monoisotopic (exact) mass is 295 g/mol. The quantitative estimate of drug-likeness (QED) is 0.829. The minimum atomic E-state index is 0.656. The Morgan fingerprint density at radius 1 is 1.26 bits per heavy atom. The zero-order valence-electron chi connectivity index (χ0n) is 11.0. The summed E-state index contributed by atoms with van der Waals surface area (Å²) in [6.45, 7) is 4.54. The molecule has 0 aliphatic rings. The van der Waals surface area contributed by atoms with E-state index in [1.54, 1.807) is 11.3 Å². The van der Waals surface area contributed by atoms with Gasteiger partial charge < -0.3 is 10.1 Å². The summed E-state index contributed by atoms with van der Waals surface area (Å²) in [4.78, 5) is 0. The van der Waals surface area contributed by atoms with Gasteiger partial charge in [0.25, 0.3) is 0 Å². The van der Waals surface area contributed by atoms with Crippen molar-refractivity contribution in [3.8, 4) is 5.75 Å². The van der Waals surface area contributed by atoms with Crippen molar-refractivity contribution in [2.45, 2.75) is 19.9 Å². The van der Waals surface area contributed by atoms with Gasteiger partial charge in [-0.15, -0.1) is 0 Å². The van der Waals surface area contributed by atoms with Crippen molar-refractivity contribution < 1.29 is 4.74 Å². The molecule has 0 aliphatic heterocycles. The van der Waals surface area contributed by atoms with Crippen molar-refractivity contribution in [1.82, 2.24) is 5.32 Å². The van der Waals surface area contributed by atoms with Gasteiger partial charge in [0.15, 0.2) is 0 Å². The zero-order chi connectivity index (χ0) is 13.5. The fraction of sp³-hybridized carbons (Fsp3) is 0.333. The van der Waals surface area contributed by atoms with E-state index in [9.17, 15) is 0 Å². The SMILES string of the molecule is CCNCc1ccc(OCCc2ccsc2)c(Cl)c1. The Hall–Kier alpha value is -1.03. The lowest BCUT2D eigenvalue weighted by Crippen LogP contribution is -2.11. The highest BCUT2D eigenvalue weighted by atomic mass is 35.5. The van der Waals surface area contributed by atoms with Gasteiger partial charge in [-0.1, -0.05) is 24.6 Å². The number of hydrogen-bond acceptors (Lipinski definition) is 3. The van der Waals surface area contributed by atoms with Gasteiger partial charge in [0, 0.05) is 13.0 Å². The second kappa shape index (κ2) is 7.53. The molecule has 0 spiro atoms. The van der Waals surface area contributed by atoms with E-state index >= 15 is 0 Å². The Morgan fingerprint density at radius 3 is 2.84 bits per heavy atom. The first-order chi connectivity index (χ1) is 9.29. The number of halogens is 1. The molecule has 1 aromatic heterocycles. The van der Waals surface area contributed by atoms with E-state index in [2.05, 4.69) is 35.1 Å². The summed E-state index contributed by atoms with van der Waals surface area (Å²) in [7, 11) is 0.